The number of benzene rings is 1. The molecule has 1 aromatic carbocycles. The molecule has 0 bridgehead atoms. The van der Waals surface area contributed by atoms with E-state index in [1.54, 1.807) is 0 Å². The van der Waals surface area contributed by atoms with Crippen molar-refractivity contribution in [1.82, 2.24) is 10.2 Å². The number of nitrogens with one attached hydrogen (secondary N) is 1. The smallest absolute Gasteiger partial charge is 0.128 e. The van der Waals surface area contributed by atoms with Gasteiger partial charge in [0.2, 0.25) is 0 Å². The van der Waals surface area contributed by atoms with E-state index in [4.69, 9.17) is 4.74 Å². The Hall–Kier alpha value is -1.04. The summed E-state index contributed by atoms with van der Waals surface area (Å²) in [5.41, 5.74) is 0.366. The Morgan fingerprint density at radius 2 is 2.29 bits per heavy atom. The third-order valence-electron chi connectivity index (χ3n) is 4.54. The summed E-state index contributed by atoms with van der Waals surface area (Å²) >= 11 is 0. The lowest BCUT2D eigenvalue weighted by Crippen LogP contribution is -2.49. The van der Waals surface area contributed by atoms with Gasteiger partial charge in [-0.25, -0.2) is 8.78 Å². The second kappa shape index (κ2) is 6.38. The van der Waals surface area contributed by atoms with Crippen LogP contribution in [-0.2, 0) is 4.74 Å². The van der Waals surface area contributed by atoms with Crippen LogP contribution in [0, 0.1) is 11.6 Å². The monoisotopic (exact) mass is 296 g/mol. The summed E-state index contributed by atoms with van der Waals surface area (Å²) in [6.07, 6.45) is 2.60. The first-order valence-corrected chi connectivity index (χ1v) is 7.67. The highest BCUT2D eigenvalue weighted by atomic mass is 19.1. The lowest BCUT2D eigenvalue weighted by Gasteiger charge is -2.35. The molecule has 21 heavy (non-hydrogen) atoms. The molecule has 0 amide bonds. The van der Waals surface area contributed by atoms with Crippen molar-refractivity contribution in [3.63, 3.8) is 0 Å². The van der Waals surface area contributed by atoms with Crippen LogP contribution >= 0.6 is 0 Å². The minimum absolute atomic E-state index is 0.124. The van der Waals surface area contributed by atoms with Gasteiger partial charge in [0.25, 0.3) is 0 Å². The molecule has 0 aromatic heterocycles. The summed E-state index contributed by atoms with van der Waals surface area (Å²) < 4.78 is 32.8. The van der Waals surface area contributed by atoms with Gasteiger partial charge < -0.3 is 10.1 Å². The third kappa shape index (κ3) is 3.42. The third-order valence-corrected chi connectivity index (χ3v) is 4.54. The predicted octanol–water partition coefficient (Wildman–Crippen LogP) is 2.48. The van der Waals surface area contributed by atoms with Crippen LogP contribution in [0.15, 0.2) is 18.2 Å². The second-order valence-corrected chi connectivity index (χ2v) is 6.04. The number of ether oxygens (including phenoxy) is 1. The van der Waals surface area contributed by atoms with Crippen LogP contribution < -0.4 is 5.32 Å². The first-order chi connectivity index (χ1) is 10.1. The zero-order chi connectivity index (χ0) is 14.8. The minimum atomic E-state index is -0.408. The van der Waals surface area contributed by atoms with E-state index in [2.05, 4.69) is 10.2 Å². The zero-order valence-corrected chi connectivity index (χ0v) is 12.3. The number of hydrogen-bond acceptors (Lipinski definition) is 3. The highest BCUT2D eigenvalue weighted by Gasteiger charge is 2.32. The summed E-state index contributed by atoms with van der Waals surface area (Å²) in [5, 5.41) is 3.26. The number of nitrogens with zero attached hydrogens (tertiary/aromatic N) is 1. The van der Waals surface area contributed by atoms with Crippen LogP contribution in [0.3, 0.4) is 0 Å². The van der Waals surface area contributed by atoms with Gasteiger partial charge in [-0.05, 0) is 44.5 Å². The van der Waals surface area contributed by atoms with Gasteiger partial charge in [0, 0.05) is 30.7 Å². The van der Waals surface area contributed by atoms with Gasteiger partial charge in [-0.15, -0.1) is 0 Å². The Labute approximate surface area is 124 Å². The predicted molar refractivity (Wildman–Crippen MR) is 77.1 cm³/mol. The second-order valence-electron chi connectivity index (χ2n) is 6.04. The lowest BCUT2D eigenvalue weighted by molar-refractivity contribution is -0.0477. The van der Waals surface area contributed by atoms with Gasteiger partial charge in [0.1, 0.15) is 11.6 Å². The average molecular weight is 296 g/mol. The zero-order valence-electron chi connectivity index (χ0n) is 12.3. The van der Waals surface area contributed by atoms with E-state index < -0.39 is 5.82 Å². The molecule has 1 N–H and O–H groups in total. The van der Waals surface area contributed by atoms with Crippen molar-refractivity contribution in [2.75, 3.05) is 26.2 Å². The first-order valence-electron chi connectivity index (χ1n) is 7.67. The number of morpholine rings is 1. The van der Waals surface area contributed by atoms with Crippen LogP contribution in [-0.4, -0.2) is 43.3 Å². The maximum absolute atomic E-state index is 13.7. The highest BCUT2D eigenvalue weighted by molar-refractivity contribution is 5.21. The van der Waals surface area contributed by atoms with Crippen molar-refractivity contribution < 1.29 is 13.5 Å². The van der Waals surface area contributed by atoms with Gasteiger partial charge in [0.15, 0.2) is 0 Å². The molecule has 0 radical (unpaired) electrons. The first kappa shape index (κ1) is 14.9. The largest absolute Gasteiger partial charge is 0.374 e. The molecule has 2 saturated heterocycles. The molecule has 3 rings (SSSR count). The van der Waals surface area contributed by atoms with E-state index in [-0.39, 0.29) is 18.0 Å². The fraction of sp³-hybridized carbons (Fsp3) is 0.625. The molecule has 2 aliphatic heterocycles. The van der Waals surface area contributed by atoms with Gasteiger partial charge >= 0.3 is 0 Å². The van der Waals surface area contributed by atoms with E-state index >= 15 is 0 Å². The summed E-state index contributed by atoms with van der Waals surface area (Å²) in [6, 6.07) is 3.92. The van der Waals surface area contributed by atoms with E-state index in [0.29, 0.717) is 18.2 Å². The van der Waals surface area contributed by atoms with Crippen molar-refractivity contribution in [3.8, 4) is 0 Å². The molecule has 2 fully saturated rings. The van der Waals surface area contributed by atoms with Gasteiger partial charge in [-0.3, -0.25) is 4.90 Å². The van der Waals surface area contributed by atoms with E-state index in [1.165, 1.54) is 25.0 Å². The molecule has 0 aliphatic carbocycles. The molecular weight excluding hydrogens is 274 g/mol. The summed E-state index contributed by atoms with van der Waals surface area (Å²) in [6.45, 7) is 5.36. The lowest BCUT2D eigenvalue weighted by atomic mass is 10.1. The van der Waals surface area contributed by atoms with Gasteiger partial charge in [0.05, 0.1) is 12.7 Å². The SMILES string of the molecule is CC(NCC1CN2CCCC2CO1)c1cc(F)ccc1F. The van der Waals surface area contributed by atoms with E-state index in [0.717, 1.165) is 25.8 Å². The summed E-state index contributed by atoms with van der Waals surface area (Å²) in [5.74, 6) is -0.783. The molecule has 0 spiro atoms. The van der Waals surface area contributed by atoms with E-state index in [1.807, 2.05) is 6.92 Å². The van der Waals surface area contributed by atoms with Crippen molar-refractivity contribution >= 4 is 0 Å². The van der Waals surface area contributed by atoms with E-state index in [9.17, 15) is 8.78 Å². The summed E-state index contributed by atoms with van der Waals surface area (Å²) in [7, 11) is 0. The van der Waals surface area contributed by atoms with Crippen molar-refractivity contribution in [3.05, 3.63) is 35.4 Å². The Kier molecular flexibility index (Phi) is 4.52. The molecular formula is C16H22F2N2O. The fourth-order valence-corrected chi connectivity index (χ4v) is 3.27. The number of halogens is 2. The van der Waals surface area contributed by atoms with Crippen LogP contribution in [0.25, 0.3) is 0 Å². The molecule has 2 heterocycles. The Morgan fingerprint density at radius 1 is 1.43 bits per heavy atom. The van der Waals surface area contributed by atoms with Gasteiger partial charge in [-0.2, -0.15) is 0 Å². The van der Waals surface area contributed by atoms with Crippen molar-refractivity contribution in [2.24, 2.45) is 0 Å². The van der Waals surface area contributed by atoms with Crippen LogP contribution in [0.4, 0.5) is 8.78 Å². The Bertz CT molecular complexity index is 497. The Balaban J connectivity index is 1.53. The van der Waals surface area contributed by atoms with Crippen LogP contribution in [0.5, 0.6) is 0 Å². The topological polar surface area (TPSA) is 24.5 Å². The maximum atomic E-state index is 13.7. The van der Waals surface area contributed by atoms with Crippen molar-refractivity contribution in [2.45, 2.75) is 38.0 Å². The van der Waals surface area contributed by atoms with Crippen LogP contribution in [0.2, 0.25) is 0 Å². The van der Waals surface area contributed by atoms with Gasteiger partial charge in [-0.1, -0.05) is 0 Å². The van der Waals surface area contributed by atoms with Crippen molar-refractivity contribution in [1.29, 1.82) is 0 Å². The normalized spacial score (nSPS) is 27.6. The molecule has 0 saturated carbocycles. The molecule has 116 valence electrons. The Morgan fingerprint density at radius 3 is 3.14 bits per heavy atom. The highest BCUT2D eigenvalue weighted by Crippen LogP contribution is 2.23. The number of fused-ring (bicyclic) bond motifs is 1. The summed E-state index contributed by atoms with van der Waals surface area (Å²) in [4.78, 5) is 2.48. The standard InChI is InChI=1S/C16H22F2N2O/c1-11(15-7-12(17)4-5-16(15)18)19-8-14-9-20-6-2-3-13(20)10-21-14/h4-5,7,11,13-14,19H,2-3,6,8-10H2,1H3. The minimum Gasteiger partial charge on any atom is -0.374 e. The number of hydrogen-bond donors (Lipinski definition) is 1. The molecule has 3 nitrogen and oxygen atoms in total. The molecule has 3 atom stereocenters. The maximum Gasteiger partial charge on any atom is 0.128 e. The quantitative estimate of drug-likeness (QED) is 0.924. The average Bonchev–Trinajstić information content (AvgIpc) is 2.94. The number of rotatable bonds is 4. The molecule has 5 heteroatoms. The van der Waals surface area contributed by atoms with Crippen LogP contribution in [0.1, 0.15) is 31.4 Å². The molecule has 1 aromatic rings. The molecule has 2 aliphatic rings. The fourth-order valence-electron chi connectivity index (χ4n) is 3.27. The molecule has 3 unspecified atom stereocenters.